The Morgan fingerprint density at radius 2 is 2.23 bits per heavy atom. The number of hydrogen-bond donors (Lipinski definition) is 1. The monoisotopic (exact) mass is 302 g/mol. The van der Waals surface area contributed by atoms with Crippen LogP contribution in [0.15, 0.2) is 12.4 Å². The first kappa shape index (κ1) is 14.7. The van der Waals surface area contributed by atoms with E-state index in [1.54, 1.807) is 17.1 Å². The van der Waals surface area contributed by atoms with Gasteiger partial charge in [-0.2, -0.15) is 5.10 Å². The van der Waals surface area contributed by atoms with Crippen LogP contribution in [0.1, 0.15) is 66.8 Å². The van der Waals surface area contributed by atoms with Gasteiger partial charge in [0.25, 0.3) is 5.91 Å². The van der Waals surface area contributed by atoms with Crippen molar-refractivity contribution in [2.45, 2.75) is 51.6 Å². The molecule has 0 aromatic carbocycles. The molecule has 1 aliphatic carbocycles. The summed E-state index contributed by atoms with van der Waals surface area (Å²) in [5.41, 5.74) is 2.67. The maximum atomic E-state index is 12.5. The number of carbonyl (C=O) groups excluding carboxylic acids is 1. The van der Waals surface area contributed by atoms with E-state index in [1.807, 2.05) is 11.7 Å². The van der Waals surface area contributed by atoms with E-state index in [2.05, 4.69) is 34.6 Å². The summed E-state index contributed by atoms with van der Waals surface area (Å²) in [4.78, 5) is 12.5. The number of aromatic nitrogens is 5. The van der Waals surface area contributed by atoms with Crippen molar-refractivity contribution in [3.05, 3.63) is 29.3 Å². The van der Waals surface area contributed by atoms with E-state index in [-0.39, 0.29) is 5.91 Å². The zero-order valence-corrected chi connectivity index (χ0v) is 13.3. The molecule has 1 unspecified atom stereocenters. The van der Waals surface area contributed by atoms with E-state index in [9.17, 15) is 4.79 Å². The summed E-state index contributed by atoms with van der Waals surface area (Å²) in [6, 6.07) is 0.318. The molecule has 118 valence electrons. The maximum absolute atomic E-state index is 12.5. The Kier molecular flexibility index (Phi) is 3.96. The minimum atomic E-state index is -0.0716. The number of hydrogen-bond acceptors (Lipinski definition) is 4. The number of aryl methyl sites for hydroxylation is 1. The van der Waals surface area contributed by atoms with Crippen LogP contribution in [0.3, 0.4) is 0 Å². The molecule has 1 amide bonds. The summed E-state index contributed by atoms with van der Waals surface area (Å²) in [5.74, 6) is 0.410. The third-order valence-corrected chi connectivity index (χ3v) is 4.29. The first-order chi connectivity index (χ1) is 10.6. The molecular formula is C15H22N6O. The molecule has 1 fully saturated rings. The number of rotatable bonds is 6. The summed E-state index contributed by atoms with van der Waals surface area (Å²) in [5, 5.41) is 15.1. The number of nitrogens with zero attached hydrogens (tertiary/aromatic N) is 5. The molecule has 2 heterocycles. The molecule has 0 spiro atoms. The van der Waals surface area contributed by atoms with Crippen molar-refractivity contribution in [2.75, 3.05) is 0 Å². The third kappa shape index (κ3) is 2.75. The van der Waals surface area contributed by atoms with Crippen LogP contribution in [0.2, 0.25) is 0 Å². The smallest absolute Gasteiger partial charge is 0.255 e. The van der Waals surface area contributed by atoms with Crippen molar-refractivity contribution in [3.63, 3.8) is 0 Å². The molecule has 2 aromatic heterocycles. The van der Waals surface area contributed by atoms with Gasteiger partial charge < -0.3 is 5.32 Å². The van der Waals surface area contributed by atoms with Crippen molar-refractivity contribution in [1.82, 2.24) is 30.1 Å². The van der Waals surface area contributed by atoms with E-state index in [0.717, 1.165) is 30.7 Å². The second-order valence-electron chi connectivity index (χ2n) is 5.95. The molecule has 3 rings (SSSR count). The largest absolute Gasteiger partial charge is 0.346 e. The SMILES string of the molecule is CCC(C)n1ncc(C(=O)NCc2cnnn2C)c1C1CC1. The Balaban J connectivity index is 1.77. The lowest BCUT2D eigenvalue weighted by molar-refractivity contribution is 0.0949. The van der Waals surface area contributed by atoms with Crippen molar-refractivity contribution in [1.29, 1.82) is 0 Å². The molecule has 1 N–H and O–H groups in total. The first-order valence-electron chi connectivity index (χ1n) is 7.81. The Morgan fingerprint density at radius 1 is 1.45 bits per heavy atom. The summed E-state index contributed by atoms with van der Waals surface area (Å²) in [6.07, 6.45) is 6.66. The van der Waals surface area contributed by atoms with E-state index < -0.39 is 0 Å². The van der Waals surface area contributed by atoms with Crippen LogP contribution < -0.4 is 5.32 Å². The molecule has 1 saturated carbocycles. The van der Waals surface area contributed by atoms with Crippen LogP contribution in [0, 0.1) is 0 Å². The van der Waals surface area contributed by atoms with Crippen LogP contribution in [0.4, 0.5) is 0 Å². The van der Waals surface area contributed by atoms with Crippen LogP contribution in [0.25, 0.3) is 0 Å². The Morgan fingerprint density at radius 3 is 2.82 bits per heavy atom. The summed E-state index contributed by atoms with van der Waals surface area (Å²) >= 11 is 0. The normalized spacial score (nSPS) is 15.8. The first-order valence-corrected chi connectivity index (χ1v) is 7.81. The van der Waals surface area contributed by atoms with E-state index >= 15 is 0 Å². The lowest BCUT2D eigenvalue weighted by Crippen LogP contribution is -2.25. The molecule has 1 aliphatic rings. The van der Waals surface area contributed by atoms with Gasteiger partial charge in [-0.1, -0.05) is 12.1 Å². The average molecular weight is 302 g/mol. The van der Waals surface area contributed by atoms with Gasteiger partial charge >= 0.3 is 0 Å². The molecule has 0 aliphatic heterocycles. The zero-order chi connectivity index (χ0) is 15.7. The highest BCUT2D eigenvalue weighted by Gasteiger charge is 2.33. The Hall–Kier alpha value is -2.18. The van der Waals surface area contributed by atoms with Crippen molar-refractivity contribution in [3.8, 4) is 0 Å². The van der Waals surface area contributed by atoms with E-state index in [0.29, 0.717) is 24.1 Å². The van der Waals surface area contributed by atoms with Gasteiger partial charge in [0.15, 0.2) is 0 Å². The van der Waals surface area contributed by atoms with Crippen molar-refractivity contribution in [2.24, 2.45) is 7.05 Å². The van der Waals surface area contributed by atoms with Gasteiger partial charge in [-0.25, -0.2) is 0 Å². The van der Waals surface area contributed by atoms with Crippen molar-refractivity contribution < 1.29 is 4.79 Å². The maximum Gasteiger partial charge on any atom is 0.255 e. The molecule has 1 atom stereocenters. The van der Waals surface area contributed by atoms with Gasteiger partial charge in [0.1, 0.15) is 0 Å². The topological polar surface area (TPSA) is 77.6 Å². The molecule has 22 heavy (non-hydrogen) atoms. The predicted molar refractivity (Wildman–Crippen MR) is 81.4 cm³/mol. The second kappa shape index (κ2) is 5.90. The standard InChI is InChI=1S/C15H22N6O/c1-4-10(2)21-14(11-5-6-11)13(9-18-21)15(22)16-7-12-8-17-19-20(12)3/h8-11H,4-7H2,1-3H3,(H,16,22). The van der Waals surface area contributed by atoms with Gasteiger partial charge in [-0.05, 0) is 26.2 Å². The minimum Gasteiger partial charge on any atom is -0.346 e. The van der Waals surface area contributed by atoms with Gasteiger partial charge in [0.2, 0.25) is 0 Å². The van der Waals surface area contributed by atoms with Crippen LogP contribution in [0.5, 0.6) is 0 Å². The van der Waals surface area contributed by atoms with Gasteiger partial charge in [0.05, 0.1) is 35.9 Å². The fourth-order valence-corrected chi connectivity index (χ4v) is 2.57. The highest BCUT2D eigenvalue weighted by Crippen LogP contribution is 2.42. The fraction of sp³-hybridized carbons (Fsp3) is 0.600. The van der Waals surface area contributed by atoms with E-state index in [1.165, 1.54) is 0 Å². The van der Waals surface area contributed by atoms with E-state index in [4.69, 9.17) is 0 Å². The van der Waals surface area contributed by atoms with Crippen LogP contribution in [-0.2, 0) is 13.6 Å². The number of carbonyl (C=O) groups is 1. The number of nitrogens with one attached hydrogen (secondary N) is 1. The summed E-state index contributed by atoms with van der Waals surface area (Å²) in [7, 11) is 1.81. The molecule has 7 heteroatoms. The highest BCUT2D eigenvalue weighted by atomic mass is 16.1. The second-order valence-corrected chi connectivity index (χ2v) is 5.95. The zero-order valence-electron chi connectivity index (χ0n) is 13.3. The highest BCUT2D eigenvalue weighted by molar-refractivity contribution is 5.95. The average Bonchev–Trinajstić information content (AvgIpc) is 3.13. The van der Waals surface area contributed by atoms with Gasteiger partial charge in [0, 0.05) is 19.0 Å². The van der Waals surface area contributed by atoms with Crippen molar-refractivity contribution >= 4 is 5.91 Å². The molecule has 2 aromatic rings. The third-order valence-electron chi connectivity index (χ3n) is 4.29. The van der Waals surface area contributed by atoms with Gasteiger partial charge in [-0.3, -0.25) is 14.2 Å². The summed E-state index contributed by atoms with van der Waals surface area (Å²) < 4.78 is 3.68. The summed E-state index contributed by atoms with van der Waals surface area (Å²) in [6.45, 7) is 4.70. The van der Waals surface area contributed by atoms with Gasteiger partial charge in [-0.15, -0.1) is 5.10 Å². The molecule has 7 nitrogen and oxygen atoms in total. The minimum absolute atomic E-state index is 0.0716. The quantitative estimate of drug-likeness (QED) is 0.882. The lowest BCUT2D eigenvalue weighted by atomic mass is 10.1. The molecule has 0 bridgehead atoms. The van der Waals surface area contributed by atoms with Crippen LogP contribution >= 0.6 is 0 Å². The molecular weight excluding hydrogens is 280 g/mol. The number of amides is 1. The molecule has 0 saturated heterocycles. The molecule has 0 radical (unpaired) electrons. The fourth-order valence-electron chi connectivity index (χ4n) is 2.57. The predicted octanol–water partition coefficient (Wildman–Crippen LogP) is 1.79. The Labute approximate surface area is 129 Å². The lowest BCUT2D eigenvalue weighted by Gasteiger charge is -2.14. The Bertz CT molecular complexity index is 669. The van der Waals surface area contributed by atoms with Crippen LogP contribution in [-0.4, -0.2) is 30.7 Å².